The monoisotopic (exact) mass is 690 g/mol. The molecule has 0 radical (unpaired) electrons. The molecule has 6 aromatic rings. The van der Waals surface area contributed by atoms with Crippen molar-refractivity contribution >= 4 is 50.3 Å². The molecule has 9 N–H and O–H groups in total. The molecule has 2 unspecified atom stereocenters. The van der Waals surface area contributed by atoms with Gasteiger partial charge in [0.15, 0.2) is 0 Å². The zero-order valence-electron chi connectivity index (χ0n) is 28.1. The van der Waals surface area contributed by atoms with Crippen LogP contribution in [0.4, 0.5) is 5.69 Å². The number of fused-ring (bicyclic) bond motifs is 3. The Hall–Kier alpha value is -5.46. The minimum Gasteiger partial charge on any atom is -0.480 e. The van der Waals surface area contributed by atoms with Gasteiger partial charge in [0.25, 0.3) is 5.69 Å². The van der Waals surface area contributed by atoms with Gasteiger partial charge in [-0.1, -0.05) is 24.3 Å². The fraction of sp³-hybridized carbons (Fsp3) is 0.333. The van der Waals surface area contributed by atoms with Gasteiger partial charge in [-0.15, -0.1) is 0 Å². The number of nitrogens with two attached hydrogens (primary N) is 2. The lowest BCUT2D eigenvalue weighted by Crippen LogP contribution is -2.32. The van der Waals surface area contributed by atoms with Gasteiger partial charge < -0.3 is 36.6 Å². The van der Waals surface area contributed by atoms with E-state index in [0.717, 1.165) is 46.7 Å². The summed E-state index contributed by atoms with van der Waals surface area (Å²) in [6, 6.07) is 16.8. The Morgan fingerprint density at radius 3 is 1.84 bits per heavy atom. The number of carboxylic acid groups (broad SMARTS) is 2. The molecule has 0 spiro atoms. The molecule has 51 heavy (non-hydrogen) atoms. The molecule has 264 valence electrons. The van der Waals surface area contributed by atoms with E-state index in [1.807, 2.05) is 18.5 Å². The molecule has 9 rings (SSSR count). The number of nitro groups is 1. The number of carbonyl (C=O) groups is 2. The summed E-state index contributed by atoms with van der Waals surface area (Å²) >= 11 is 0. The average molecular weight is 691 g/mol. The molecule has 0 bridgehead atoms. The molecule has 12 nitrogen and oxygen atoms in total. The number of hydrogen-bond acceptors (Lipinski definition) is 6. The second kappa shape index (κ2) is 14.0. The van der Waals surface area contributed by atoms with Crippen molar-refractivity contribution < 1.29 is 24.7 Å². The first-order chi connectivity index (χ1) is 24.5. The maximum absolute atomic E-state index is 11.3. The van der Waals surface area contributed by atoms with E-state index in [-0.39, 0.29) is 12.1 Å². The highest BCUT2D eigenvalue weighted by Gasteiger charge is 2.29. The van der Waals surface area contributed by atoms with E-state index in [1.54, 1.807) is 12.3 Å². The molecular formula is C39H42N6O6. The molecule has 3 aliphatic rings. The molecule has 0 saturated heterocycles. The van der Waals surface area contributed by atoms with E-state index in [9.17, 15) is 19.7 Å². The summed E-state index contributed by atoms with van der Waals surface area (Å²) in [6.07, 6.45) is 13.3. The number of hydrogen-bond donors (Lipinski definition) is 7. The van der Waals surface area contributed by atoms with Crippen LogP contribution in [0.25, 0.3) is 32.7 Å². The molecule has 3 aromatic heterocycles. The van der Waals surface area contributed by atoms with Gasteiger partial charge in [-0.25, -0.2) is 0 Å². The van der Waals surface area contributed by atoms with Crippen molar-refractivity contribution in [1.29, 1.82) is 0 Å². The van der Waals surface area contributed by atoms with Gasteiger partial charge in [0.2, 0.25) is 0 Å². The second-order valence-corrected chi connectivity index (χ2v) is 14.1. The van der Waals surface area contributed by atoms with Crippen LogP contribution in [0.3, 0.4) is 0 Å². The van der Waals surface area contributed by atoms with Crippen molar-refractivity contribution in [2.75, 3.05) is 0 Å². The van der Waals surface area contributed by atoms with Crippen LogP contribution in [0, 0.1) is 10.1 Å². The SMILES string of the molecule is NC(Cc1c[nH]c2cc(C3CC3)cc([N+](=O)[O-])c12)C(=O)O.NC(Cc1c[nH]c2cc(C3CC3)ccc12)C(=O)O.c1cc2ccc(C3CC3)cc2[nH]1. The van der Waals surface area contributed by atoms with E-state index in [0.29, 0.717) is 28.8 Å². The fourth-order valence-corrected chi connectivity index (χ4v) is 6.72. The maximum atomic E-state index is 11.3. The van der Waals surface area contributed by atoms with Gasteiger partial charge in [0.05, 0.1) is 15.8 Å². The van der Waals surface area contributed by atoms with Crippen LogP contribution in [-0.2, 0) is 22.4 Å². The van der Waals surface area contributed by atoms with E-state index < -0.39 is 28.9 Å². The van der Waals surface area contributed by atoms with Gasteiger partial charge in [0, 0.05) is 53.9 Å². The fourth-order valence-electron chi connectivity index (χ4n) is 6.72. The number of aromatic amines is 3. The zero-order chi connectivity index (χ0) is 35.8. The summed E-state index contributed by atoms with van der Waals surface area (Å²) < 4.78 is 0. The number of carboxylic acids is 2. The summed E-state index contributed by atoms with van der Waals surface area (Å²) in [5.41, 5.74) is 19.5. The predicted molar refractivity (Wildman–Crippen MR) is 196 cm³/mol. The van der Waals surface area contributed by atoms with Crippen molar-refractivity contribution in [2.24, 2.45) is 11.5 Å². The number of H-pyrrole nitrogens is 3. The molecule has 12 heteroatoms. The average Bonchev–Trinajstić information content (AvgIpc) is 4.05. The maximum Gasteiger partial charge on any atom is 0.320 e. The van der Waals surface area contributed by atoms with Gasteiger partial charge in [-0.05, 0) is 114 Å². The summed E-state index contributed by atoms with van der Waals surface area (Å²) in [5.74, 6) is -0.0955. The normalized spacial score (nSPS) is 16.6. The third-order valence-electron chi connectivity index (χ3n) is 10.1. The molecule has 0 amide bonds. The van der Waals surface area contributed by atoms with Crippen LogP contribution in [-0.4, -0.2) is 54.1 Å². The van der Waals surface area contributed by atoms with Gasteiger partial charge in [0.1, 0.15) is 12.1 Å². The Balaban J connectivity index is 0.000000123. The summed E-state index contributed by atoms with van der Waals surface area (Å²) in [7, 11) is 0. The Bertz CT molecular complexity index is 2240. The van der Waals surface area contributed by atoms with E-state index in [4.69, 9.17) is 21.7 Å². The van der Waals surface area contributed by atoms with Crippen LogP contribution < -0.4 is 11.5 Å². The van der Waals surface area contributed by atoms with Crippen LogP contribution in [0.5, 0.6) is 0 Å². The molecule has 3 aromatic carbocycles. The summed E-state index contributed by atoms with van der Waals surface area (Å²) in [4.78, 5) is 42.0. The number of rotatable bonds is 10. The number of nitro benzene ring substituents is 1. The highest BCUT2D eigenvalue weighted by Crippen LogP contribution is 2.44. The lowest BCUT2D eigenvalue weighted by atomic mass is 10.0. The number of nitrogens with zero attached hydrogens (tertiary/aromatic N) is 1. The van der Waals surface area contributed by atoms with Crippen LogP contribution >= 0.6 is 0 Å². The van der Waals surface area contributed by atoms with E-state index in [1.165, 1.54) is 47.7 Å². The Kier molecular flexibility index (Phi) is 9.37. The first kappa shape index (κ1) is 34.0. The summed E-state index contributed by atoms with van der Waals surface area (Å²) in [6.45, 7) is 0. The molecule has 3 fully saturated rings. The zero-order valence-corrected chi connectivity index (χ0v) is 28.1. The van der Waals surface area contributed by atoms with E-state index in [2.05, 4.69) is 57.4 Å². The van der Waals surface area contributed by atoms with Crippen molar-refractivity contribution in [3.05, 3.63) is 111 Å². The Morgan fingerprint density at radius 1 is 0.706 bits per heavy atom. The largest absolute Gasteiger partial charge is 0.480 e. The van der Waals surface area contributed by atoms with Crippen LogP contribution in [0.15, 0.2) is 73.2 Å². The number of aromatic nitrogens is 3. The first-order valence-electron chi connectivity index (χ1n) is 17.5. The van der Waals surface area contributed by atoms with Gasteiger partial charge in [-0.2, -0.15) is 0 Å². The van der Waals surface area contributed by atoms with Crippen molar-refractivity contribution in [2.45, 2.75) is 81.2 Å². The number of benzene rings is 3. The molecular weight excluding hydrogens is 648 g/mol. The van der Waals surface area contributed by atoms with Crippen LogP contribution in [0.1, 0.15) is 84.1 Å². The molecule has 0 aliphatic heterocycles. The minimum atomic E-state index is -1.12. The molecule has 2 atom stereocenters. The topological polar surface area (TPSA) is 217 Å². The van der Waals surface area contributed by atoms with Crippen LogP contribution in [0.2, 0.25) is 0 Å². The second-order valence-electron chi connectivity index (χ2n) is 14.1. The lowest BCUT2D eigenvalue weighted by Gasteiger charge is -2.06. The van der Waals surface area contributed by atoms with Crippen molar-refractivity contribution in [3.63, 3.8) is 0 Å². The molecule has 3 aliphatic carbocycles. The quantitative estimate of drug-likeness (QED) is 0.0588. The van der Waals surface area contributed by atoms with Crippen molar-refractivity contribution in [1.82, 2.24) is 15.0 Å². The third-order valence-corrected chi connectivity index (χ3v) is 10.1. The number of nitrogens with one attached hydrogen (secondary N) is 3. The lowest BCUT2D eigenvalue weighted by molar-refractivity contribution is -0.383. The number of non-ortho nitro benzene ring substituents is 1. The first-order valence-corrected chi connectivity index (χ1v) is 17.5. The smallest absolute Gasteiger partial charge is 0.320 e. The molecule has 3 saturated carbocycles. The highest BCUT2D eigenvalue weighted by atomic mass is 16.6. The Labute approximate surface area is 293 Å². The standard InChI is InChI=1S/C14H15N3O4.C14H16N2O2.C11H11N/c15-10(14(18)19)3-9-6-16-11-4-8(7-1-2-7)5-12(13(9)11)17(20)21;15-12(14(17)18)5-10-7-16-13-6-9(8-1-2-8)3-4-11(10)13;1-2-8(1)10-4-3-9-5-6-12-11(9)7-10/h4-7,10,16H,1-3,15H2,(H,18,19);3-4,6-8,12,16H,1-2,5,15H2,(H,17,18);3-8,12H,1-2H2. The number of aliphatic carboxylic acids is 2. The summed E-state index contributed by atoms with van der Waals surface area (Å²) in [5, 5.41) is 31.9. The molecule has 3 heterocycles. The van der Waals surface area contributed by atoms with Gasteiger partial charge >= 0.3 is 11.9 Å². The Morgan fingerprint density at radius 2 is 1.24 bits per heavy atom. The van der Waals surface area contributed by atoms with Gasteiger partial charge in [-0.3, -0.25) is 19.7 Å². The van der Waals surface area contributed by atoms with Crippen molar-refractivity contribution in [3.8, 4) is 0 Å². The minimum absolute atomic E-state index is 0.0169. The third kappa shape index (κ3) is 7.82. The highest BCUT2D eigenvalue weighted by molar-refractivity contribution is 5.93. The predicted octanol–water partition coefficient (Wildman–Crippen LogP) is 6.95. The van der Waals surface area contributed by atoms with E-state index >= 15 is 0 Å².